The molecule has 1 aromatic carbocycles. The summed E-state index contributed by atoms with van der Waals surface area (Å²) in [5.41, 5.74) is 2.53. The number of benzene rings is 1. The van der Waals surface area contributed by atoms with Gasteiger partial charge in [0.25, 0.3) is 10.2 Å². The maximum Gasteiger partial charge on any atom is 0.279 e. The molecule has 8 heteroatoms. The van der Waals surface area contributed by atoms with Gasteiger partial charge in [-0.15, -0.1) is 0 Å². The number of nitrogens with one attached hydrogen (secondary N) is 2. The van der Waals surface area contributed by atoms with Crippen molar-refractivity contribution in [3.05, 3.63) is 41.8 Å². The number of aromatic amines is 1. The molecule has 2 N–H and O–H groups in total. The van der Waals surface area contributed by atoms with Crippen LogP contribution in [-0.2, 0) is 10.2 Å². The highest BCUT2D eigenvalue weighted by Gasteiger charge is 2.30. The Labute approximate surface area is 165 Å². The average Bonchev–Trinajstić information content (AvgIpc) is 3.19. The van der Waals surface area contributed by atoms with Gasteiger partial charge in [-0.2, -0.15) is 22.5 Å². The lowest BCUT2D eigenvalue weighted by molar-refractivity contribution is 0.323. The highest BCUT2D eigenvalue weighted by molar-refractivity contribution is 7.87. The first-order chi connectivity index (χ1) is 13.5. The monoisotopic (exact) mass is 406 g/mol. The Morgan fingerprint density at radius 2 is 1.82 bits per heavy atom. The fraction of sp³-hybridized carbons (Fsp3) is 0.550. The molecule has 0 unspecified atom stereocenters. The first-order valence-corrected chi connectivity index (χ1v) is 11.5. The average molecular weight is 407 g/mol. The lowest BCUT2D eigenvalue weighted by Crippen LogP contribution is -2.48. The van der Waals surface area contributed by atoms with Crippen molar-refractivity contribution in [1.29, 1.82) is 0 Å². The third-order valence-electron chi connectivity index (χ3n) is 5.86. The summed E-state index contributed by atoms with van der Waals surface area (Å²) in [5.74, 6) is 0.0501. The van der Waals surface area contributed by atoms with Gasteiger partial charge in [0.2, 0.25) is 0 Å². The van der Waals surface area contributed by atoms with Crippen molar-refractivity contribution >= 4 is 10.2 Å². The highest BCUT2D eigenvalue weighted by Crippen LogP contribution is 2.34. The van der Waals surface area contributed by atoms with Crippen LogP contribution in [0.2, 0.25) is 0 Å². The Morgan fingerprint density at radius 3 is 2.54 bits per heavy atom. The van der Waals surface area contributed by atoms with Gasteiger partial charge < -0.3 is 0 Å². The topological polar surface area (TPSA) is 78.1 Å². The van der Waals surface area contributed by atoms with Crippen LogP contribution in [0.5, 0.6) is 0 Å². The van der Waals surface area contributed by atoms with Gasteiger partial charge >= 0.3 is 0 Å². The van der Waals surface area contributed by atoms with E-state index in [2.05, 4.69) is 14.9 Å². The zero-order chi connectivity index (χ0) is 19.6. The van der Waals surface area contributed by atoms with Crippen molar-refractivity contribution in [3.8, 4) is 11.3 Å². The molecule has 2 fully saturated rings. The number of nitrogens with zero attached hydrogens (tertiary/aromatic N) is 2. The number of H-pyrrole nitrogens is 1. The minimum atomic E-state index is -3.37. The second-order valence-electron chi connectivity index (χ2n) is 7.85. The van der Waals surface area contributed by atoms with Crippen LogP contribution < -0.4 is 4.72 Å². The Bertz CT molecular complexity index is 900. The van der Waals surface area contributed by atoms with Gasteiger partial charge in [0.15, 0.2) is 0 Å². The van der Waals surface area contributed by atoms with E-state index in [9.17, 15) is 12.8 Å². The first kappa shape index (κ1) is 19.5. The summed E-state index contributed by atoms with van der Waals surface area (Å²) in [5, 5.41) is 7.42. The second kappa shape index (κ2) is 8.31. The van der Waals surface area contributed by atoms with Crippen LogP contribution in [0, 0.1) is 5.82 Å². The number of hydrogen-bond acceptors (Lipinski definition) is 3. The Hall–Kier alpha value is -1.77. The second-order valence-corrected chi connectivity index (χ2v) is 9.55. The van der Waals surface area contributed by atoms with Crippen LogP contribution in [0.4, 0.5) is 4.39 Å². The smallest absolute Gasteiger partial charge is 0.279 e. The van der Waals surface area contributed by atoms with E-state index in [4.69, 9.17) is 0 Å². The predicted molar refractivity (Wildman–Crippen MR) is 106 cm³/mol. The normalized spacial score (nSPS) is 24.3. The molecule has 0 radical (unpaired) electrons. The molecule has 0 bridgehead atoms. The van der Waals surface area contributed by atoms with Crippen LogP contribution in [-0.4, -0.2) is 42.1 Å². The van der Waals surface area contributed by atoms with Crippen LogP contribution in [0.3, 0.4) is 0 Å². The number of aromatic nitrogens is 2. The maximum atomic E-state index is 13.4. The number of hydrogen-bond donors (Lipinski definition) is 2. The van der Waals surface area contributed by atoms with Gasteiger partial charge in [-0.05, 0) is 56.7 Å². The van der Waals surface area contributed by atoms with Crippen LogP contribution >= 0.6 is 0 Å². The zero-order valence-corrected chi connectivity index (χ0v) is 16.7. The van der Waals surface area contributed by atoms with E-state index in [1.807, 2.05) is 12.1 Å². The molecular formula is C20H27FN4O2S. The van der Waals surface area contributed by atoms with Crippen molar-refractivity contribution in [2.45, 2.75) is 56.9 Å². The van der Waals surface area contributed by atoms with Gasteiger partial charge in [0.05, 0.1) is 5.69 Å². The molecule has 1 aliphatic carbocycles. The van der Waals surface area contributed by atoms with Gasteiger partial charge in [0.1, 0.15) is 5.82 Å². The van der Waals surface area contributed by atoms with Crippen molar-refractivity contribution in [2.75, 3.05) is 13.1 Å². The van der Waals surface area contributed by atoms with Crippen molar-refractivity contribution in [2.24, 2.45) is 0 Å². The molecule has 152 valence electrons. The standard InChI is InChI=1S/C20H27FN4O2S/c21-17-6-4-5-16(13-17)20-14-19(22-23-20)15-7-9-18(10-8-15)24-28(26,27)25-11-2-1-3-12-25/h4-6,13-15,18,24H,1-3,7-12H2,(H,22,23). The number of piperidine rings is 1. The lowest BCUT2D eigenvalue weighted by Gasteiger charge is -2.32. The van der Waals surface area contributed by atoms with Gasteiger partial charge in [-0.1, -0.05) is 18.6 Å². The molecule has 1 saturated heterocycles. The van der Waals surface area contributed by atoms with Crippen LogP contribution in [0.1, 0.15) is 56.6 Å². The molecule has 2 aliphatic rings. The molecule has 2 aromatic rings. The largest absolute Gasteiger partial charge is 0.282 e. The summed E-state index contributed by atoms with van der Waals surface area (Å²) in [4.78, 5) is 0. The van der Waals surface area contributed by atoms with Gasteiger partial charge in [0, 0.05) is 36.3 Å². The summed E-state index contributed by atoms with van der Waals surface area (Å²) in [7, 11) is -3.37. The molecule has 0 spiro atoms. The Balaban J connectivity index is 1.34. The van der Waals surface area contributed by atoms with Crippen molar-refractivity contribution in [3.63, 3.8) is 0 Å². The van der Waals surface area contributed by atoms with Gasteiger partial charge in [-0.25, -0.2) is 4.39 Å². The maximum absolute atomic E-state index is 13.4. The quantitative estimate of drug-likeness (QED) is 0.797. The van der Waals surface area contributed by atoms with E-state index in [1.165, 1.54) is 12.1 Å². The fourth-order valence-electron chi connectivity index (χ4n) is 4.25. The van der Waals surface area contributed by atoms with E-state index < -0.39 is 10.2 Å². The minimum Gasteiger partial charge on any atom is -0.282 e. The third-order valence-corrected chi connectivity index (χ3v) is 7.53. The predicted octanol–water partition coefficient (Wildman–Crippen LogP) is 3.56. The number of rotatable bonds is 5. The van der Waals surface area contributed by atoms with E-state index in [0.29, 0.717) is 19.0 Å². The summed E-state index contributed by atoms with van der Waals surface area (Å²) >= 11 is 0. The van der Waals surface area contributed by atoms with Gasteiger partial charge in [-0.3, -0.25) is 5.10 Å². The zero-order valence-electron chi connectivity index (χ0n) is 15.9. The molecule has 28 heavy (non-hydrogen) atoms. The first-order valence-electron chi connectivity index (χ1n) is 10.1. The molecule has 6 nitrogen and oxygen atoms in total. The lowest BCUT2D eigenvalue weighted by atomic mass is 9.84. The molecule has 1 aliphatic heterocycles. The summed E-state index contributed by atoms with van der Waals surface area (Å²) in [6, 6.07) is 8.40. The van der Waals surface area contributed by atoms with Crippen LogP contribution in [0.25, 0.3) is 11.3 Å². The molecular weight excluding hydrogens is 379 g/mol. The van der Waals surface area contributed by atoms with E-state index >= 15 is 0 Å². The van der Waals surface area contributed by atoms with E-state index in [-0.39, 0.29) is 11.9 Å². The van der Waals surface area contributed by atoms with E-state index in [1.54, 1.807) is 10.4 Å². The Morgan fingerprint density at radius 1 is 1.07 bits per heavy atom. The fourth-order valence-corrected chi connectivity index (χ4v) is 5.80. The number of halogens is 1. The molecule has 4 rings (SSSR count). The van der Waals surface area contributed by atoms with Crippen LogP contribution in [0.15, 0.2) is 30.3 Å². The SMILES string of the molecule is O=S(=O)(NC1CCC(c2cc(-c3cccc(F)c3)n[nH]2)CC1)N1CCCCC1. The molecule has 1 saturated carbocycles. The molecule has 0 atom stereocenters. The van der Waals surface area contributed by atoms with E-state index in [0.717, 1.165) is 61.9 Å². The summed E-state index contributed by atoms with van der Waals surface area (Å²) in [6.07, 6.45) is 6.43. The summed E-state index contributed by atoms with van der Waals surface area (Å²) in [6.45, 7) is 1.25. The molecule has 1 aromatic heterocycles. The summed E-state index contributed by atoms with van der Waals surface area (Å²) < 4.78 is 43.0. The minimum absolute atomic E-state index is 0.00575. The third kappa shape index (κ3) is 4.45. The highest BCUT2D eigenvalue weighted by atomic mass is 32.2. The van der Waals surface area contributed by atoms with Crippen molar-refractivity contribution in [1.82, 2.24) is 19.2 Å². The molecule has 0 amide bonds. The Kier molecular flexibility index (Phi) is 5.80. The van der Waals surface area contributed by atoms with Crippen molar-refractivity contribution < 1.29 is 12.8 Å². The molecule has 2 heterocycles.